The van der Waals surface area contributed by atoms with E-state index in [1.807, 2.05) is 0 Å². The second-order valence-corrected chi connectivity index (χ2v) is 11.7. The number of alkyl halides is 5. The van der Waals surface area contributed by atoms with Crippen molar-refractivity contribution in [2.75, 3.05) is 12.8 Å². The van der Waals surface area contributed by atoms with Gasteiger partial charge in [0.25, 0.3) is 11.8 Å². The van der Waals surface area contributed by atoms with Crippen molar-refractivity contribution in [2.45, 2.75) is 54.8 Å². The summed E-state index contributed by atoms with van der Waals surface area (Å²) in [6.45, 7) is -0.504. The highest BCUT2D eigenvalue weighted by Crippen LogP contribution is 2.43. The van der Waals surface area contributed by atoms with E-state index < -0.39 is 76.6 Å². The molecule has 1 aliphatic heterocycles. The van der Waals surface area contributed by atoms with Gasteiger partial charge in [0.2, 0.25) is 5.91 Å². The van der Waals surface area contributed by atoms with Gasteiger partial charge in [-0.15, -0.1) is 0 Å². The fourth-order valence-electron chi connectivity index (χ4n) is 4.52. The lowest BCUT2D eigenvalue weighted by Crippen LogP contribution is -2.56. The Balaban J connectivity index is 1.62. The number of hydrogen-bond acceptors (Lipinski definition) is 4. The minimum atomic E-state index is -4.78. The van der Waals surface area contributed by atoms with E-state index in [4.69, 9.17) is 0 Å². The molecule has 4 rings (SSSR count). The minimum absolute atomic E-state index is 0.122. The summed E-state index contributed by atoms with van der Waals surface area (Å²) in [7, 11) is -3.68. The first-order chi connectivity index (χ1) is 17.6. The zero-order valence-electron chi connectivity index (χ0n) is 20.1. The molecule has 2 aromatic carbocycles. The predicted octanol–water partition coefficient (Wildman–Crippen LogP) is 4.76. The Morgan fingerprint density at radius 3 is 2.37 bits per heavy atom. The summed E-state index contributed by atoms with van der Waals surface area (Å²) in [5.41, 5.74) is -1.54. The molecule has 2 aliphatic rings. The molecule has 0 bridgehead atoms. The van der Waals surface area contributed by atoms with E-state index in [0.717, 1.165) is 23.3 Å². The molecule has 13 heteroatoms. The van der Waals surface area contributed by atoms with E-state index >= 15 is 0 Å². The summed E-state index contributed by atoms with van der Waals surface area (Å²) in [5, 5.41) is 2.49. The van der Waals surface area contributed by atoms with Crippen LogP contribution in [0.25, 0.3) is 0 Å². The van der Waals surface area contributed by atoms with Gasteiger partial charge in [0.15, 0.2) is 9.84 Å². The van der Waals surface area contributed by atoms with Crippen LogP contribution in [0.1, 0.15) is 53.2 Å². The summed E-state index contributed by atoms with van der Waals surface area (Å²) >= 11 is 0. The van der Waals surface area contributed by atoms with Crippen LogP contribution in [0.2, 0.25) is 0 Å². The molecule has 2 amide bonds. The summed E-state index contributed by atoms with van der Waals surface area (Å²) in [6.07, 6.45) is -4.52. The predicted molar refractivity (Wildman–Crippen MR) is 124 cm³/mol. The van der Waals surface area contributed by atoms with Crippen molar-refractivity contribution >= 4 is 21.7 Å². The summed E-state index contributed by atoms with van der Waals surface area (Å²) in [4.78, 5) is 27.3. The van der Waals surface area contributed by atoms with E-state index in [2.05, 4.69) is 5.32 Å². The monoisotopic (exact) mass is 562 g/mol. The maximum atomic E-state index is 14.7. The minimum Gasteiger partial charge on any atom is -0.347 e. The molecule has 206 valence electrons. The number of carbonyl (C=O) groups is 2. The van der Waals surface area contributed by atoms with Gasteiger partial charge in [-0.25, -0.2) is 21.6 Å². The molecule has 6 nitrogen and oxygen atoms in total. The second-order valence-electron chi connectivity index (χ2n) is 9.68. The van der Waals surface area contributed by atoms with Gasteiger partial charge in [0, 0.05) is 36.8 Å². The zero-order valence-corrected chi connectivity index (χ0v) is 20.9. The highest BCUT2D eigenvalue weighted by Gasteiger charge is 2.47. The van der Waals surface area contributed by atoms with Gasteiger partial charge >= 0.3 is 6.18 Å². The molecule has 0 unspecified atom stereocenters. The molecular formula is C25H24F6N2O4S. The number of rotatable bonds is 6. The van der Waals surface area contributed by atoms with E-state index in [-0.39, 0.29) is 21.9 Å². The number of hydrogen-bond donors (Lipinski definition) is 1. The van der Waals surface area contributed by atoms with Crippen molar-refractivity contribution in [1.82, 2.24) is 10.2 Å². The molecular weight excluding hydrogens is 538 g/mol. The third-order valence-electron chi connectivity index (χ3n) is 6.71. The number of amides is 2. The SMILES string of the molecule is CS(=O)(=O)c1cccc(C(=O)N2CCC(F)(F)C[C@@H]2C(=O)N[C@@H](c2ccc(C(F)(F)F)cc2F)C2CC2)c1. The average molecular weight is 563 g/mol. The smallest absolute Gasteiger partial charge is 0.347 e. The van der Waals surface area contributed by atoms with Crippen LogP contribution in [0.15, 0.2) is 47.4 Å². The fourth-order valence-corrected chi connectivity index (χ4v) is 5.19. The molecule has 1 N–H and O–H groups in total. The van der Waals surface area contributed by atoms with Crippen LogP contribution in [-0.4, -0.2) is 49.9 Å². The van der Waals surface area contributed by atoms with Gasteiger partial charge in [-0.2, -0.15) is 13.2 Å². The number of carbonyl (C=O) groups excluding carboxylic acids is 2. The number of piperidine rings is 1. The van der Waals surface area contributed by atoms with E-state index in [1.165, 1.54) is 18.2 Å². The molecule has 1 saturated carbocycles. The Bertz CT molecular complexity index is 1360. The largest absolute Gasteiger partial charge is 0.416 e. The molecule has 2 fully saturated rings. The lowest BCUT2D eigenvalue weighted by atomic mass is 9.95. The van der Waals surface area contributed by atoms with Gasteiger partial charge in [0.1, 0.15) is 11.9 Å². The number of nitrogens with zero attached hydrogens (tertiary/aromatic N) is 1. The van der Waals surface area contributed by atoms with Crippen LogP contribution in [0.4, 0.5) is 26.3 Å². The van der Waals surface area contributed by atoms with Crippen molar-refractivity contribution in [3.8, 4) is 0 Å². The van der Waals surface area contributed by atoms with Crippen LogP contribution in [0.5, 0.6) is 0 Å². The van der Waals surface area contributed by atoms with Crippen molar-refractivity contribution in [2.24, 2.45) is 5.92 Å². The second kappa shape index (κ2) is 9.90. The van der Waals surface area contributed by atoms with Crippen LogP contribution in [-0.2, 0) is 20.8 Å². The molecule has 2 atom stereocenters. The lowest BCUT2D eigenvalue weighted by Gasteiger charge is -2.39. The highest BCUT2D eigenvalue weighted by molar-refractivity contribution is 7.90. The Morgan fingerprint density at radius 2 is 1.79 bits per heavy atom. The summed E-state index contributed by atoms with van der Waals surface area (Å²) < 4.78 is 106. The average Bonchev–Trinajstić information content (AvgIpc) is 3.66. The molecule has 1 heterocycles. The summed E-state index contributed by atoms with van der Waals surface area (Å²) in [5.74, 6) is -6.65. The Hall–Kier alpha value is -3.09. The number of nitrogens with one attached hydrogen (secondary N) is 1. The lowest BCUT2D eigenvalue weighted by molar-refractivity contribution is -0.138. The number of halogens is 6. The van der Waals surface area contributed by atoms with Crippen LogP contribution >= 0.6 is 0 Å². The maximum Gasteiger partial charge on any atom is 0.416 e. The van der Waals surface area contributed by atoms with E-state index in [0.29, 0.717) is 25.0 Å². The topological polar surface area (TPSA) is 83.6 Å². The Morgan fingerprint density at radius 1 is 1.11 bits per heavy atom. The van der Waals surface area contributed by atoms with Crippen molar-refractivity contribution in [1.29, 1.82) is 0 Å². The van der Waals surface area contributed by atoms with Gasteiger partial charge < -0.3 is 10.2 Å². The van der Waals surface area contributed by atoms with Crippen LogP contribution in [0, 0.1) is 11.7 Å². The molecule has 1 saturated heterocycles. The van der Waals surface area contributed by atoms with Crippen LogP contribution in [0.3, 0.4) is 0 Å². The third kappa shape index (κ3) is 6.13. The Labute approximate surface area is 214 Å². The number of sulfone groups is 1. The molecule has 0 spiro atoms. The van der Waals surface area contributed by atoms with Crippen molar-refractivity contribution in [3.05, 3.63) is 65.0 Å². The normalized spacial score (nSPS) is 20.6. The van der Waals surface area contributed by atoms with Gasteiger partial charge in [-0.05, 0) is 49.1 Å². The quantitative estimate of drug-likeness (QED) is 0.515. The first-order valence-electron chi connectivity index (χ1n) is 11.7. The molecule has 2 aromatic rings. The third-order valence-corrected chi connectivity index (χ3v) is 7.82. The van der Waals surface area contributed by atoms with Crippen LogP contribution < -0.4 is 5.32 Å². The highest BCUT2D eigenvalue weighted by atomic mass is 32.2. The Kier molecular flexibility index (Phi) is 7.28. The zero-order chi connectivity index (χ0) is 28.0. The van der Waals surface area contributed by atoms with Crippen molar-refractivity contribution in [3.63, 3.8) is 0 Å². The van der Waals surface area contributed by atoms with E-state index in [1.54, 1.807) is 0 Å². The van der Waals surface area contributed by atoms with Gasteiger partial charge in [-0.1, -0.05) is 12.1 Å². The maximum absolute atomic E-state index is 14.7. The molecule has 0 aromatic heterocycles. The van der Waals surface area contributed by atoms with Gasteiger partial charge in [0.05, 0.1) is 16.5 Å². The molecule has 1 aliphatic carbocycles. The molecule has 0 radical (unpaired) electrons. The standard InChI is InChI=1S/C25H24F6N2O4S/c1-38(36,37)17-4-2-3-15(11-17)23(35)33-10-9-24(27,28)13-20(33)22(34)32-21(14-5-6-14)18-8-7-16(12-19(18)26)25(29,30)31/h2-4,7-8,11-12,14,20-21H,5-6,9-10,13H2,1H3,(H,32,34)/t20-,21-/m1/s1. The first kappa shape index (κ1) is 27.9. The van der Waals surface area contributed by atoms with E-state index in [9.17, 15) is 44.3 Å². The number of likely N-dealkylation sites (tertiary alicyclic amines) is 1. The number of benzene rings is 2. The first-order valence-corrected chi connectivity index (χ1v) is 13.6. The summed E-state index contributed by atoms with van der Waals surface area (Å²) in [6, 6.07) is 4.12. The fraction of sp³-hybridized carbons (Fsp3) is 0.440. The van der Waals surface area contributed by atoms with Gasteiger partial charge in [-0.3, -0.25) is 9.59 Å². The van der Waals surface area contributed by atoms with Crippen molar-refractivity contribution < 1.29 is 44.3 Å². The molecule has 38 heavy (non-hydrogen) atoms.